The molecule has 0 atom stereocenters. The fourth-order valence-corrected chi connectivity index (χ4v) is 1.41. The van der Waals surface area contributed by atoms with E-state index >= 15 is 0 Å². The maximum absolute atomic E-state index is 11.6. The number of hydrogen-bond donors (Lipinski definition) is 1. The number of nitrogens with zero attached hydrogens (tertiary/aromatic N) is 2. The second-order valence-electron chi connectivity index (χ2n) is 3.93. The number of carboxylic acid groups (broad SMARTS) is 1. The highest BCUT2D eigenvalue weighted by Gasteiger charge is 2.11. The minimum Gasteiger partial charge on any atom is -0.481 e. The first kappa shape index (κ1) is 13.2. The van der Waals surface area contributed by atoms with Crippen molar-refractivity contribution < 1.29 is 19.2 Å². The van der Waals surface area contributed by atoms with Gasteiger partial charge in [-0.2, -0.15) is 0 Å². The molecule has 94 valence electrons. The third-order valence-electron chi connectivity index (χ3n) is 2.28. The number of aryl methyl sites for hydroxylation is 1. The lowest BCUT2D eigenvalue weighted by atomic mass is 10.2. The molecule has 0 radical (unpaired) electrons. The zero-order valence-electron chi connectivity index (χ0n) is 9.97. The van der Waals surface area contributed by atoms with Gasteiger partial charge in [-0.25, -0.2) is 0 Å². The molecule has 17 heavy (non-hydrogen) atoms. The van der Waals surface area contributed by atoms with E-state index in [2.05, 4.69) is 5.16 Å². The van der Waals surface area contributed by atoms with Crippen LogP contribution in [0, 0.1) is 6.92 Å². The first-order chi connectivity index (χ1) is 7.99. The zero-order valence-corrected chi connectivity index (χ0v) is 9.97. The van der Waals surface area contributed by atoms with E-state index < -0.39 is 5.97 Å². The molecule has 0 saturated carbocycles. The monoisotopic (exact) mass is 240 g/mol. The summed E-state index contributed by atoms with van der Waals surface area (Å²) < 4.78 is 4.89. The number of carboxylic acids is 1. The number of amides is 1. The number of aromatic nitrogens is 1. The molecule has 1 amide bonds. The number of aliphatic carboxylic acids is 1. The van der Waals surface area contributed by atoms with Crippen LogP contribution in [0.1, 0.15) is 30.7 Å². The van der Waals surface area contributed by atoms with Crippen LogP contribution in [0.2, 0.25) is 0 Å². The highest BCUT2D eigenvalue weighted by atomic mass is 16.5. The van der Waals surface area contributed by atoms with E-state index in [1.807, 2.05) is 0 Å². The Morgan fingerprint density at radius 1 is 1.47 bits per heavy atom. The summed E-state index contributed by atoms with van der Waals surface area (Å²) in [6.45, 7) is 2.16. The molecular weight excluding hydrogens is 224 g/mol. The minimum atomic E-state index is -0.882. The van der Waals surface area contributed by atoms with Crippen LogP contribution in [0.4, 0.5) is 0 Å². The summed E-state index contributed by atoms with van der Waals surface area (Å²) >= 11 is 0. The smallest absolute Gasteiger partial charge is 0.303 e. The molecule has 0 aliphatic rings. The summed E-state index contributed by atoms with van der Waals surface area (Å²) in [6, 6.07) is 1.76. The van der Waals surface area contributed by atoms with Crippen LogP contribution >= 0.6 is 0 Å². The molecule has 0 bridgehead atoms. The van der Waals surface area contributed by atoms with E-state index in [-0.39, 0.29) is 18.7 Å². The van der Waals surface area contributed by atoms with Crippen molar-refractivity contribution in [1.29, 1.82) is 0 Å². The van der Waals surface area contributed by atoms with E-state index in [4.69, 9.17) is 9.63 Å². The Hall–Kier alpha value is -1.85. The average molecular weight is 240 g/mol. The van der Waals surface area contributed by atoms with Gasteiger partial charge in [0.1, 0.15) is 11.5 Å². The molecule has 0 aliphatic heterocycles. The largest absolute Gasteiger partial charge is 0.481 e. The summed E-state index contributed by atoms with van der Waals surface area (Å²) in [6.07, 6.45) is 0.610. The SMILES string of the molecule is Cc1cc(CN(C)C(=O)CCCC(=O)O)no1. The van der Waals surface area contributed by atoms with Crippen molar-refractivity contribution in [2.24, 2.45) is 0 Å². The van der Waals surface area contributed by atoms with Crippen LogP contribution in [0.3, 0.4) is 0 Å². The summed E-state index contributed by atoms with van der Waals surface area (Å²) in [5, 5.41) is 12.2. The Kier molecular flexibility index (Phi) is 4.68. The van der Waals surface area contributed by atoms with Gasteiger partial charge in [-0.15, -0.1) is 0 Å². The maximum atomic E-state index is 11.6. The second kappa shape index (κ2) is 6.03. The van der Waals surface area contributed by atoms with E-state index in [0.717, 1.165) is 0 Å². The number of carbonyl (C=O) groups is 2. The molecule has 1 N–H and O–H groups in total. The lowest BCUT2D eigenvalue weighted by molar-refractivity contribution is -0.137. The quantitative estimate of drug-likeness (QED) is 0.807. The van der Waals surface area contributed by atoms with E-state index in [1.54, 1.807) is 20.0 Å². The summed E-state index contributed by atoms with van der Waals surface area (Å²) in [4.78, 5) is 23.4. The van der Waals surface area contributed by atoms with Crippen LogP contribution in [0.5, 0.6) is 0 Å². The van der Waals surface area contributed by atoms with E-state index in [0.29, 0.717) is 24.4 Å². The molecule has 0 spiro atoms. The van der Waals surface area contributed by atoms with Gasteiger partial charge in [-0.1, -0.05) is 5.16 Å². The van der Waals surface area contributed by atoms with Gasteiger partial charge < -0.3 is 14.5 Å². The summed E-state index contributed by atoms with van der Waals surface area (Å²) in [5.74, 6) is -0.272. The first-order valence-corrected chi connectivity index (χ1v) is 5.37. The topological polar surface area (TPSA) is 83.6 Å². The van der Waals surface area contributed by atoms with Crippen LogP contribution in [-0.2, 0) is 16.1 Å². The molecule has 0 saturated heterocycles. The molecule has 0 aromatic carbocycles. The summed E-state index contributed by atoms with van der Waals surface area (Å²) in [7, 11) is 1.66. The van der Waals surface area contributed by atoms with Gasteiger partial charge in [-0.05, 0) is 13.3 Å². The van der Waals surface area contributed by atoms with Crippen molar-refractivity contribution in [1.82, 2.24) is 10.1 Å². The van der Waals surface area contributed by atoms with Gasteiger partial charge in [0.05, 0.1) is 6.54 Å². The lowest BCUT2D eigenvalue weighted by Gasteiger charge is -2.14. The maximum Gasteiger partial charge on any atom is 0.303 e. The third-order valence-corrected chi connectivity index (χ3v) is 2.28. The van der Waals surface area contributed by atoms with Crippen LogP contribution in [0.25, 0.3) is 0 Å². The molecule has 1 aromatic heterocycles. The molecule has 0 unspecified atom stereocenters. The van der Waals surface area contributed by atoms with Crippen molar-refractivity contribution in [3.63, 3.8) is 0 Å². The Bertz CT molecular complexity index is 400. The van der Waals surface area contributed by atoms with Crippen LogP contribution in [-0.4, -0.2) is 34.1 Å². The Labute approximate surface area is 99.2 Å². The van der Waals surface area contributed by atoms with Crippen molar-refractivity contribution in [2.45, 2.75) is 32.7 Å². The standard InChI is InChI=1S/C11H16N2O4/c1-8-6-9(12-17-8)7-13(2)10(14)4-3-5-11(15)16/h6H,3-5,7H2,1-2H3,(H,15,16). The third kappa shape index (κ3) is 4.67. The van der Waals surface area contributed by atoms with Gasteiger partial charge in [0.15, 0.2) is 0 Å². The van der Waals surface area contributed by atoms with Crippen LogP contribution < -0.4 is 0 Å². The fourth-order valence-electron chi connectivity index (χ4n) is 1.41. The van der Waals surface area contributed by atoms with Gasteiger partial charge >= 0.3 is 5.97 Å². The molecular formula is C11H16N2O4. The highest BCUT2D eigenvalue weighted by Crippen LogP contribution is 2.06. The fraction of sp³-hybridized carbons (Fsp3) is 0.545. The van der Waals surface area contributed by atoms with E-state index in [9.17, 15) is 9.59 Å². The Balaban J connectivity index is 2.34. The zero-order chi connectivity index (χ0) is 12.8. The van der Waals surface area contributed by atoms with Crippen LogP contribution in [0.15, 0.2) is 10.6 Å². The normalized spacial score (nSPS) is 10.2. The first-order valence-electron chi connectivity index (χ1n) is 5.37. The average Bonchev–Trinajstić information content (AvgIpc) is 2.63. The Morgan fingerprint density at radius 2 is 2.18 bits per heavy atom. The second-order valence-corrected chi connectivity index (χ2v) is 3.93. The summed E-state index contributed by atoms with van der Waals surface area (Å²) in [5.41, 5.74) is 0.691. The number of hydrogen-bond acceptors (Lipinski definition) is 4. The molecule has 1 heterocycles. The lowest BCUT2D eigenvalue weighted by Crippen LogP contribution is -2.26. The van der Waals surface area contributed by atoms with Gasteiger partial charge in [-0.3, -0.25) is 9.59 Å². The predicted octanol–water partition coefficient (Wildman–Crippen LogP) is 1.20. The van der Waals surface area contributed by atoms with Crippen molar-refractivity contribution in [3.8, 4) is 0 Å². The highest BCUT2D eigenvalue weighted by molar-refractivity contribution is 5.76. The molecule has 6 nitrogen and oxygen atoms in total. The van der Waals surface area contributed by atoms with Gasteiger partial charge in [0.25, 0.3) is 0 Å². The minimum absolute atomic E-state index is 0.0165. The van der Waals surface area contributed by atoms with Gasteiger partial charge in [0.2, 0.25) is 5.91 Å². The van der Waals surface area contributed by atoms with Crippen molar-refractivity contribution in [2.75, 3.05) is 7.05 Å². The molecule has 1 rings (SSSR count). The number of rotatable bonds is 6. The van der Waals surface area contributed by atoms with Gasteiger partial charge in [0, 0.05) is 26.0 Å². The van der Waals surface area contributed by atoms with Crippen molar-refractivity contribution >= 4 is 11.9 Å². The predicted molar refractivity (Wildman–Crippen MR) is 59.2 cm³/mol. The molecule has 1 aromatic rings. The molecule has 0 aliphatic carbocycles. The molecule has 6 heteroatoms. The Morgan fingerprint density at radius 3 is 2.71 bits per heavy atom. The number of carbonyl (C=O) groups excluding carboxylic acids is 1. The molecule has 0 fully saturated rings. The van der Waals surface area contributed by atoms with E-state index in [1.165, 1.54) is 4.90 Å². The van der Waals surface area contributed by atoms with Crippen molar-refractivity contribution in [3.05, 3.63) is 17.5 Å².